The molecule has 2 aromatic rings. The summed E-state index contributed by atoms with van der Waals surface area (Å²) in [4.78, 5) is 12.1. The molecular weight excluding hydrogens is 336 g/mol. The Balaban J connectivity index is 1.94. The molecule has 0 heterocycles. The molecule has 0 aliphatic rings. The van der Waals surface area contributed by atoms with E-state index in [4.69, 9.17) is 11.6 Å². The van der Waals surface area contributed by atoms with Crippen LogP contribution in [0.3, 0.4) is 0 Å². The molecule has 0 spiro atoms. The third-order valence-electron chi connectivity index (χ3n) is 3.20. The summed E-state index contributed by atoms with van der Waals surface area (Å²) in [5.41, 5.74) is 0.847. The molecule has 122 valence electrons. The molecular formula is C16H17ClN2O3S. The summed E-state index contributed by atoms with van der Waals surface area (Å²) in [6.07, 6.45) is 0. The summed E-state index contributed by atoms with van der Waals surface area (Å²) in [6.45, 7) is 0.0381. The molecule has 1 N–H and O–H groups in total. The van der Waals surface area contributed by atoms with Crippen LogP contribution >= 0.6 is 11.6 Å². The lowest BCUT2D eigenvalue weighted by Gasteiger charge is -2.16. The Morgan fingerprint density at radius 2 is 1.83 bits per heavy atom. The van der Waals surface area contributed by atoms with Crippen molar-refractivity contribution in [3.8, 4) is 0 Å². The first-order chi connectivity index (χ1) is 10.9. The number of rotatable bonds is 6. The van der Waals surface area contributed by atoms with Crippen molar-refractivity contribution in [3.63, 3.8) is 0 Å². The third kappa shape index (κ3) is 4.79. The Bertz CT molecular complexity index is 779. The quantitative estimate of drug-likeness (QED) is 0.867. The van der Waals surface area contributed by atoms with Crippen LogP contribution in [0.2, 0.25) is 5.02 Å². The summed E-state index contributed by atoms with van der Waals surface area (Å²) < 4.78 is 25.7. The number of hydrogen-bond acceptors (Lipinski definition) is 3. The second kappa shape index (κ2) is 7.59. The molecule has 2 aromatic carbocycles. The molecule has 5 nitrogen and oxygen atoms in total. The van der Waals surface area contributed by atoms with Crippen molar-refractivity contribution in [2.45, 2.75) is 11.4 Å². The Morgan fingerprint density at radius 3 is 2.48 bits per heavy atom. The third-order valence-corrected chi connectivity index (χ3v) is 5.25. The minimum Gasteiger partial charge on any atom is -0.351 e. The highest BCUT2D eigenvalue weighted by molar-refractivity contribution is 7.89. The predicted octanol–water partition coefficient (Wildman–Crippen LogP) is 2.28. The number of nitrogens with one attached hydrogen (secondary N) is 1. The molecule has 0 saturated carbocycles. The lowest BCUT2D eigenvalue weighted by molar-refractivity contribution is -0.121. The number of likely N-dealkylation sites (N-methyl/N-ethyl adjacent to an activating group) is 1. The number of hydrogen-bond donors (Lipinski definition) is 1. The van der Waals surface area contributed by atoms with Gasteiger partial charge in [0.15, 0.2) is 0 Å². The number of carbonyl (C=O) groups is 1. The zero-order valence-corrected chi connectivity index (χ0v) is 14.1. The van der Waals surface area contributed by atoms with Crippen molar-refractivity contribution < 1.29 is 13.2 Å². The standard InChI is InChI=1S/C16H17ClN2O3S/c1-19(23(21,22)15-8-3-2-4-9-15)12-16(20)18-11-13-6-5-7-14(17)10-13/h2-10H,11-12H2,1H3,(H,18,20). The molecule has 0 saturated heterocycles. The van der Waals surface area contributed by atoms with Crippen molar-refractivity contribution in [2.75, 3.05) is 13.6 Å². The summed E-state index contributed by atoms with van der Waals surface area (Å²) in [5.74, 6) is -0.382. The van der Waals surface area contributed by atoms with E-state index in [0.29, 0.717) is 11.6 Å². The van der Waals surface area contributed by atoms with Gasteiger partial charge in [0, 0.05) is 18.6 Å². The average Bonchev–Trinajstić information content (AvgIpc) is 2.54. The van der Waals surface area contributed by atoms with Crippen LogP contribution in [-0.2, 0) is 21.4 Å². The van der Waals surface area contributed by atoms with Crippen LogP contribution < -0.4 is 5.32 Å². The Morgan fingerprint density at radius 1 is 1.13 bits per heavy atom. The van der Waals surface area contributed by atoms with Gasteiger partial charge < -0.3 is 5.32 Å². The van der Waals surface area contributed by atoms with E-state index in [1.165, 1.54) is 19.2 Å². The van der Waals surface area contributed by atoms with Gasteiger partial charge in [-0.1, -0.05) is 41.9 Å². The van der Waals surface area contributed by atoms with Crippen LogP contribution in [0.1, 0.15) is 5.56 Å². The number of nitrogens with zero attached hydrogens (tertiary/aromatic N) is 1. The van der Waals surface area contributed by atoms with Crippen LogP contribution in [0.4, 0.5) is 0 Å². The van der Waals surface area contributed by atoms with Gasteiger partial charge in [0.25, 0.3) is 0 Å². The number of amides is 1. The van der Waals surface area contributed by atoms with Crippen LogP contribution in [0.25, 0.3) is 0 Å². The van der Waals surface area contributed by atoms with Crippen LogP contribution in [-0.4, -0.2) is 32.2 Å². The van der Waals surface area contributed by atoms with E-state index in [1.807, 2.05) is 6.07 Å². The zero-order valence-electron chi connectivity index (χ0n) is 12.6. The second-order valence-corrected chi connectivity index (χ2v) is 7.46. The van der Waals surface area contributed by atoms with E-state index in [0.717, 1.165) is 9.87 Å². The maximum atomic E-state index is 12.3. The zero-order chi connectivity index (χ0) is 16.9. The lowest BCUT2D eigenvalue weighted by Crippen LogP contribution is -2.38. The van der Waals surface area contributed by atoms with Gasteiger partial charge in [-0.25, -0.2) is 8.42 Å². The van der Waals surface area contributed by atoms with Gasteiger partial charge >= 0.3 is 0 Å². The van der Waals surface area contributed by atoms with E-state index >= 15 is 0 Å². The first-order valence-corrected chi connectivity index (χ1v) is 8.74. The highest BCUT2D eigenvalue weighted by Gasteiger charge is 2.22. The number of halogens is 1. The molecule has 0 radical (unpaired) electrons. The number of carbonyl (C=O) groups excluding carboxylic acids is 1. The van der Waals surface area contributed by atoms with Gasteiger partial charge in [0.05, 0.1) is 11.4 Å². The molecule has 23 heavy (non-hydrogen) atoms. The van der Waals surface area contributed by atoms with E-state index in [9.17, 15) is 13.2 Å². The van der Waals surface area contributed by atoms with Crippen molar-refractivity contribution in [1.29, 1.82) is 0 Å². The van der Waals surface area contributed by atoms with Gasteiger partial charge in [-0.05, 0) is 29.8 Å². The second-order valence-electron chi connectivity index (χ2n) is 4.98. The molecule has 0 aliphatic heterocycles. The van der Waals surface area contributed by atoms with E-state index in [1.54, 1.807) is 36.4 Å². The Kier molecular flexibility index (Phi) is 5.76. The molecule has 0 aliphatic carbocycles. The van der Waals surface area contributed by atoms with Crippen molar-refractivity contribution in [1.82, 2.24) is 9.62 Å². The molecule has 1 amide bonds. The molecule has 7 heteroatoms. The molecule has 0 aromatic heterocycles. The number of benzene rings is 2. The molecule has 0 fully saturated rings. The minimum absolute atomic E-state index is 0.158. The minimum atomic E-state index is -3.67. The average molecular weight is 353 g/mol. The topological polar surface area (TPSA) is 66.5 Å². The fourth-order valence-corrected chi connectivity index (χ4v) is 3.32. The first kappa shape index (κ1) is 17.5. The summed E-state index contributed by atoms with van der Waals surface area (Å²) in [5, 5.41) is 3.26. The molecule has 0 bridgehead atoms. The Hall–Kier alpha value is -1.89. The predicted molar refractivity (Wildman–Crippen MR) is 89.6 cm³/mol. The summed E-state index contributed by atoms with van der Waals surface area (Å²) in [6, 6.07) is 15.1. The Labute approximate surface area is 140 Å². The highest BCUT2D eigenvalue weighted by atomic mass is 35.5. The maximum absolute atomic E-state index is 12.3. The fourth-order valence-electron chi connectivity index (χ4n) is 1.96. The van der Waals surface area contributed by atoms with Crippen molar-refractivity contribution in [2.24, 2.45) is 0 Å². The first-order valence-electron chi connectivity index (χ1n) is 6.92. The maximum Gasteiger partial charge on any atom is 0.243 e. The summed E-state index contributed by atoms with van der Waals surface area (Å²) in [7, 11) is -2.30. The van der Waals surface area contributed by atoms with E-state index in [2.05, 4.69) is 5.32 Å². The monoisotopic (exact) mass is 352 g/mol. The lowest BCUT2D eigenvalue weighted by atomic mass is 10.2. The van der Waals surface area contributed by atoms with E-state index < -0.39 is 10.0 Å². The van der Waals surface area contributed by atoms with Crippen LogP contribution in [0.5, 0.6) is 0 Å². The van der Waals surface area contributed by atoms with Crippen LogP contribution in [0.15, 0.2) is 59.5 Å². The van der Waals surface area contributed by atoms with Crippen LogP contribution in [0, 0.1) is 0 Å². The fraction of sp³-hybridized carbons (Fsp3) is 0.188. The highest BCUT2D eigenvalue weighted by Crippen LogP contribution is 2.13. The van der Waals surface area contributed by atoms with Gasteiger partial charge in [0.2, 0.25) is 15.9 Å². The normalized spacial score (nSPS) is 11.4. The number of sulfonamides is 1. The van der Waals surface area contributed by atoms with Crippen molar-refractivity contribution in [3.05, 3.63) is 65.2 Å². The SMILES string of the molecule is CN(CC(=O)NCc1cccc(Cl)c1)S(=O)(=O)c1ccccc1. The summed E-state index contributed by atoms with van der Waals surface area (Å²) >= 11 is 5.87. The largest absolute Gasteiger partial charge is 0.351 e. The molecule has 0 unspecified atom stereocenters. The van der Waals surface area contributed by atoms with Crippen molar-refractivity contribution >= 4 is 27.5 Å². The van der Waals surface area contributed by atoms with Gasteiger partial charge in [0.1, 0.15) is 0 Å². The van der Waals surface area contributed by atoms with Gasteiger partial charge in [-0.15, -0.1) is 0 Å². The van der Waals surface area contributed by atoms with Gasteiger partial charge in [-0.3, -0.25) is 4.79 Å². The molecule has 2 rings (SSSR count). The van der Waals surface area contributed by atoms with E-state index in [-0.39, 0.29) is 17.3 Å². The molecule has 0 atom stereocenters. The smallest absolute Gasteiger partial charge is 0.243 e. The van der Waals surface area contributed by atoms with Gasteiger partial charge in [-0.2, -0.15) is 4.31 Å².